The minimum Gasteiger partial charge on any atom is -0.309 e. The number of hydrogen-bond acceptors (Lipinski definition) is 2. The first-order chi connectivity index (χ1) is 31.8. The van der Waals surface area contributed by atoms with Crippen molar-refractivity contribution in [3.8, 4) is 33.4 Å². The lowest BCUT2D eigenvalue weighted by molar-refractivity contribution is 1.21. The first kappa shape index (κ1) is 38.1. The summed E-state index contributed by atoms with van der Waals surface area (Å²) in [7, 11) is -3.15. The lowest BCUT2D eigenvalue weighted by Crippen LogP contribution is -2.75. The Morgan fingerprint density at radius 1 is 0.391 bits per heavy atom. The molecule has 0 amide bonds. The van der Waals surface area contributed by atoms with Crippen LogP contribution < -0.4 is 25.6 Å². The molecule has 0 fully saturated rings. The summed E-state index contributed by atoms with van der Waals surface area (Å²) in [5.41, 5.74) is 13.8. The van der Waals surface area contributed by atoms with Gasteiger partial charge >= 0.3 is 0 Å². The van der Waals surface area contributed by atoms with Crippen LogP contribution in [0.2, 0.25) is 0 Å². The molecule has 11 aromatic rings. The summed E-state index contributed by atoms with van der Waals surface area (Å²) in [5, 5.41) is 7.95. The molecular formula is C61H43NSSi. The van der Waals surface area contributed by atoms with Crippen molar-refractivity contribution in [1.82, 2.24) is 0 Å². The maximum absolute atomic E-state index is 3.15. The lowest BCUT2D eigenvalue weighted by atomic mass is 9.87. The summed E-state index contributed by atoms with van der Waals surface area (Å²) in [4.78, 5) is 2.72. The number of thiophene rings is 1. The molecule has 0 radical (unpaired) electrons. The van der Waals surface area contributed by atoms with Crippen LogP contribution in [0.15, 0.2) is 249 Å². The van der Waals surface area contributed by atoms with Crippen LogP contribution >= 0.6 is 11.3 Å². The molecule has 1 aliphatic carbocycles. The van der Waals surface area contributed by atoms with Gasteiger partial charge in [0.15, 0.2) is 8.07 Å². The minimum atomic E-state index is -3.15. The second-order valence-electron chi connectivity index (χ2n) is 16.7. The third-order valence-electron chi connectivity index (χ3n) is 13.2. The van der Waals surface area contributed by atoms with Crippen molar-refractivity contribution < 1.29 is 0 Å². The van der Waals surface area contributed by atoms with Crippen LogP contribution in [0.25, 0.3) is 53.6 Å². The van der Waals surface area contributed by atoms with Gasteiger partial charge in [-0.05, 0) is 90.0 Å². The van der Waals surface area contributed by atoms with E-state index in [1.165, 1.54) is 96.8 Å². The summed E-state index contributed by atoms with van der Waals surface area (Å²) in [5.74, 6) is 0. The van der Waals surface area contributed by atoms with E-state index < -0.39 is 8.07 Å². The Bertz CT molecular complexity index is 3340. The number of rotatable bonds is 9. The van der Waals surface area contributed by atoms with E-state index >= 15 is 0 Å². The number of benzene rings is 10. The van der Waals surface area contributed by atoms with E-state index in [9.17, 15) is 0 Å². The van der Waals surface area contributed by atoms with E-state index in [0.29, 0.717) is 0 Å². The summed E-state index contributed by atoms with van der Waals surface area (Å²) in [6, 6.07) is 93.1. The van der Waals surface area contributed by atoms with Crippen molar-refractivity contribution in [2.75, 3.05) is 4.90 Å². The van der Waals surface area contributed by atoms with Crippen LogP contribution in [-0.4, -0.2) is 8.07 Å². The molecule has 0 N–H and O–H groups in total. The lowest BCUT2D eigenvalue weighted by Gasteiger charge is -2.40. The number of nitrogens with zero attached hydrogens (tertiary/aromatic N) is 1. The van der Waals surface area contributed by atoms with Gasteiger partial charge in [0.25, 0.3) is 0 Å². The predicted molar refractivity (Wildman–Crippen MR) is 277 cm³/mol. The van der Waals surface area contributed by atoms with Crippen LogP contribution in [0.5, 0.6) is 0 Å². The molecule has 10 aromatic carbocycles. The quantitative estimate of drug-likeness (QED) is 0.103. The fourth-order valence-electron chi connectivity index (χ4n) is 10.6. The van der Waals surface area contributed by atoms with Gasteiger partial charge in [-0.3, -0.25) is 0 Å². The Morgan fingerprint density at radius 3 is 1.53 bits per heavy atom. The van der Waals surface area contributed by atoms with Gasteiger partial charge in [0, 0.05) is 37.8 Å². The molecule has 0 saturated heterocycles. The molecule has 0 atom stereocenters. The van der Waals surface area contributed by atoms with E-state index in [4.69, 9.17) is 0 Å². The molecule has 1 nitrogen and oxygen atoms in total. The van der Waals surface area contributed by atoms with Crippen molar-refractivity contribution in [2.45, 2.75) is 6.42 Å². The highest BCUT2D eigenvalue weighted by atomic mass is 32.1. The third-order valence-corrected chi connectivity index (χ3v) is 19.2. The Kier molecular flexibility index (Phi) is 9.51. The molecule has 1 aromatic heterocycles. The van der Waals surface area contributed by atoms with Gasteiger partial charge in [-0.25, -0.2) is 0 Å². The van der Waals surface area contributed by atoms with Crippen LogP contribution in [0.4, 0.5) is 17.1 Å². The zero-order chi connectivity index (χ0) is 42.5. The third kappa shape index (κ3) is 6.12. The minimum absolute atomic E-state index is 0.827. The standard InChI is InChI=1S/C61H43NSSi/c1-7-23-43(24-8-1)52-42-53-50-36-20-19-27-45(50)41-54(53)60(58(52)44-25-9-2-10-26-44)62(46-28-11-3-12-29-46)61-57(40-39-56-59(61)51-37-21-22-38-55(51)63-56)64(47-30-13-4-14-31-47,48-32-15-5-16-33-48)49-34-17-6-18-35-49/h1-40,42H,41H2. The van der Waals surface area contributed by atoms with Gasteiger partial charge in [0.2, 0.25) is 0 Å². The Balaban J connectivity index is 1.34. The molecule has 0 spiro atoms. The normalized spacial score (nSPS) is 12.0. The molecule has 1 heterocycles. The van der Waals surface area contributed by atoms with Crippen LogP contribution in [0.3, 0.4) is 0 Å². The fraction of sp³-hybridized carbons (Fsp3) is 0.0164. The van der Waals surface area contributed by atoms with Gasteiger partial charge in [-0.1, -0.05) is 218 Å². The van der Waals surface area contributed by atoms with Crippen LogP contribution in [-0.2, 0) is 6.42 Å². The summed E-state index contributed by atoms with van der Waals surface area (Å²) in [6.07, 6.45) is 0.827. The molecule has 0 saturated carbocycles. The second kappa shape index (κ2) is 16.0. The summed E-state index contributed by atoms with van der Waals surface area (Å²) >= 11 is 1.90. The first-order valence-electron chi connectivity index (χ1n) is 22.1. The van der Waals surface area contributed by atoms with E-state index in [1.807, 2.05) is 11.3 Å². The van der Waals surface area contributed by atoms with Gasteiger partial charge < -0.3 is 4.90 Å². The topological polar surface area (TPSA) is 3.24 Å². The average molecular weight is 850 g/mol. The maximum Gasteiger partial charge on any atom is 0.181 e. The van der Waals surface area contributed by atoms with Crippen molar-refractivity contribution in [3.63, 3.8) is 0 Å². The molecule has 1 aliphatic rings. The molecule has 0 unspecified atom stereocenters. The predicted octanol–water partition coefficient (Wildman–Crippen LogP) is 13.8. The first-order valence-corrected chi connectivity index (χ1v) is 25.0. The van der Waals surface area contributed by atoms with Crippen molar-refractivity contribution in [3.05, 3.63) is 260 Å². The average Bonchev–Trinajstić information content (AvgIpc) is 3.95. The zero-order valence-electron chi connectivity index (χ0n) is 35.2. The van der Waals surface area contributed by atoms with Gasteiger partial charge in [0.1, 0.15) is 0 Å². The van der Waals surface area contributed by atoms with Crippen molar-refractivity contribution >= 4 is 77.4 Å². The monoisotopic (exact) mass is 849 g/mol. The molecule has 302 valence electrons. The molecule has 12 rings (SSSR count). The largest absolute Gasteiger partial charge is 0.309 e. The number of fused-ring (bicyclic) bond motifs is 6. The summed E-state index contributed by atoms with van der Waals surface area (Å²) in [6.45, 7) is 0. The fourth-order valence-corrected chi connectivity index (χ4v) is 16.6. The van der Waals surface area contributed by atoms with E-state index in [-0.39, 0.29) is 0 Å². The second-order valence-corrected chi connectivity index (χ2v) is 21.5. The van der Waals surface area contributed by atoms with Crippen molar-refractivity contribution in [2.24, 2.45) is 0 Å². The molecule has 3 heteroatoms. The SMILES string of the molecule is c1ccc(-c2cc3c(c(N(c4ccccc4)c4c([Si](c5ccccc5)(c5ccccc5)c5ccccc5)ccc5sc6ccccc6c45)c2-c2ccccc2)Cc2ccccc2-3)cc1. The zero-order valence-corrected chi connectivity index (χ0v) is 37.1. The number of anilines is 3. The smallest absolute Gasteiger partial charge is 0.181 e. The van der Waals surface area contributed by atoms with Gasteiger partial charge in [-0.2, -0.15) is 0 Å². The Morgan fingerprint density at radius 2 is 0.906 bits per heavy atom. The van der Waals surface area contributed by atoms with Gasteiger partial charge in [0.05, 0.1) is 11.4 Å². The molecule has 0 bridgehead atoms. The Labute approximate surface area is 379 Å². The number of para-hydroxylation sites is 1. The van der Waals surface area contributed by atoms with Crippen molar-refractivity contribution in [1.29, 1.82) is 0 Å². The highest BCUT2D eigenvalue weighted by Gasteiger charge is 2.45. The Hall–Kier alpha value is -7.56. The number of hydrogen-bond donors (Lipinski definition) is 0. The van der Waals surface area contributed by atoms with Crippen LogP contribution in [0.1, 0.15) is 11.1 Å². The van der Waals surface area contributed by atoms with E-state index in [1.54, 1.807) is 0 Å². The van der Waals surface area contributed by atoms with E-state index in [2.05, 4.69) is 254 Å². The molecule has 0 aliphatic heterocycles. The highest BCUT2D eigenvalue weighted by Crippen LogP contribution is 2.55. The van der Waals surface area contributed by atoms with Gasteiger partial charge in [-0.15, -0.1) is 11.3 Å². The van der Waals surface area contributed by atoms with E-state index in [0.717, 1.165) is 12.1 Å². The maximum atomic E-state index is 2.72. The summed E-state index contributed by atoms with van der Waals surface area (Å²) < 4.78 is 2.56. The van der Waals surface area contributed by atoms with Crippen LogP contribution in [0, 0.1) is 0 Å². The molecule has 64 heavy (non-hydrogen) atoms. The molecular weight excluding hydrogens is 807 g/mol. The highest BCUT2D eigenvalue weighted by molar-refractivity contribution is 7.26.